The predicted molar refractivity (Wildman–Crippen MR) is 70.5 cm³/mol. The van der Waals surface area contributed by atoms with Crippen LogP contribution in [0.2, 0.25) is 0 Å². The Morgan fingerprint density at radius 2 is 1.81 bits per heavy atom. The van der Waals surface area contributed by atoms with Gasteiger partial charge in [0.2, 0.25) is 0 Å². The molecule has 1 nitrogen and oxygen atoms in total. The maximum atomic E-state index is 3.82. The van der Waals surface area contributed by atoms with Crippen LogP contribution in [0.3, 0.4) is 0 Å². The summed E-state index contributed by atoms with van der Waals surface area (Å²) < 4.78 is 0. The third kappa shape index (κ3) is 2.80. The van der Waals surface area contributed by atoms with Crippen LogP contribution >= 0.6 is 0 Å². The Hall–Kier alpha value is -0.0400. The van der Waals surface area contributed by atoms with E-state index in [2.05, 4.69) is 26.1 Å². The van der Waals surface area contributed by atoms with E-state index in [4.69, 9.17) is 0 Å². The lowest BCUT2D eigenvalue weighted by molar-refractivity contribution is 0.359. The van der Waals surface area contributed by atoms with Gasteiger partial charge in [-0.05, 0) is 62.3 Å². The molecule has 0 aromatic heterocycles. The second-order valence-electron chi connectivity index (χ2n) is 6.37. The molecule has 3 unspecified atom stereocenters. The normalized spacial score (nSPS) is 34.1. The summed E-state index contributed by atoms with van der Waals surface area (Å²) in [5.74, 6) is 4.15. The van der Waals surface area contributed by atoms with Crippen molar-refractivity contribution in [2.75, 3.05) is 6.54 Å². The van der Waals surface area contributed by atoms with Crippen molar-refractivity contribution in [2.24, 2.45) is 23.7 Å². The molecular formula is C15H29N. The minimum Gasteiger partial charge on any atom is -0.314 e. The van der Waals surface area contributed by atoms with Crippen molar-refractivity contribution in [2.45, 2.75) is 65.3 Å². The van der Waals surface area contributed by atoms with E-state index in [9.17, 15) is 0 Å². The largest absolute Gasteiger partial charge is 0.314 e. The third-order valence-corrected chi connectivity index (χ3v) is 4.65. The number of nitrogens with one attached hydrogen (secondary N) is 1. The quantitative estimate of drug-likeness (QED) is 0.691. The van der Waals surface area contributed by atoms with Crippen LogP contribution in [0.4, 0.5) is 0 Å². The Balaban J connectivity index is 1.78. The van der Waals surface area contributed by atoms with Gasteiger partial charge in [0.25, 0.3) is 0 Å². The fourth-order valence-corrected chi connectivity index (χ4v) is 3.75. The zero-order chi connectivity index (χ0) is 11.5. The molecule has 2 aliphatic carbocycles. The molecule has 2 fully saturated rings. The summed E-state index contributed by atoms with van der Waals surface area (Å²) in [7, 11) is 0. The lowest BCUT2D eigenvalue weighted by Gasteiger charge is -2.21. The molecule has 0 aromatic carbocycles. The van der Waals surface area contributed by atoms with Crippen molar-refractivity contribution in [1.29, 1.82) is 0 Å². The van der Waals surface area contributed by atoms with Gasteiger partial charge in [-0.25, -0.2) is 0 Å². The van der Waals surface area contributed by atoms with Crippen LogP contribution in [0.15, 0.2) is 0 Å². The van der Waals surface area contributed by atoms with Crippen LogP contribution in [-0.2, 0) is 0 Å². The summed E-state index contributed by atoms with van der Waals surface area (Å²) in [5, 5.41) is 3.82. The highest BCUT2D eigenvalue weighted by Crippen LogP contribution is 2.59. The van der Waals surface area contributed by atoms with Crippen molar-refractivity contribution in [3.8, 4) is 0 Å². The highest BCUT2D eigenvalue weighted by atomic mass is 14.9. The van der Waals surface area contributed by atoms with E-state index >= 15 is 0 Å². The maximum absolute atomic E-state index is 3.82. The summed E-state index contributed by atoms with van der Waals surface area (Å²) in [5.41, 5.74) is 0. The van der Waals surface area contributed by atoms with E-state index in [1.54, 1.807) is 0 Å². The molecule has 2 aliphatic rings. The molecule has 0 amide bonds. The van der Waals surface area contributed by atoms with Gasteiger partial charge in [0.05, 0.1) is 0 Å². The zero-order valence-electron chi connectivity index (χ0n) is 11.3. The summed E-state index contributed by atoms with van der Waals surface area (Å²) >= 11 is 0. The minimum atomic E-state index is 0.845. The SMILES string of the molecule is CCCNC(CCC(C)C)C1C2CCCC21. The monoisotopic (exact) mass is 223 g/mol. The molecule has 1 heteroatoms. The molecular weight excluding hydrogens is 194 g/mol. The average molecular weight is 223 g/mol. The van der Waals surface area contributed by atoms with E-state index in [0.29, 0.717) is 0 Å². The fourth-order valence-electron chi connectivity index (χ4n) is 3.75. The van der Waals surface area contributed by atoms with Crippen molar-refractivity contribution < 1.29 is 0 Å². The molecule has 2 saturated carbocycles. The van der Waals surface area contributed by atoms with E-state index in [0.717, 1.165) is 29.7 Å². The molecule has 94 valence electrons. The average Bonchev–Trinajstić information content (AvgIpc) is 2.73. The van der Waals surface area contributed by atoms with E-state index in [1.807, 2.05) is 0 Å². The second kappa shape index (κ2) is 5.53. The highest BCUT2D eigenvalue weighted by Gasteiger charge is 2.55. The number of fused-ring (bicyclic) bond motifs is 1. The molecule has 0 saturated heterocycles. The van der Waals surface area contributed by atoms with Crippen LogP contribution in [-0.4, -0.2) is 12.6 Å². The van der Waals surface area contributed by atoms with Gasteiger partial charge in [-0.2, -0.15) is 0 Å². The predicted octanol–water partition coefficient (Wildman–Crippen LogP) is 3.84. The van der Waals surface area contributed by atoms with Gasteiger partial charge in [0.1, 0.15) is 0 Å². The Morgan fingerprint density at radius 3 is 2.38 bits per heavy atom. The van der Waals surface area contributed by atoms with Crippen molar-refractivity contribution in [1.82, 2.24) is 5.32 Å². The van der Waals surface area contributed by atoms with E-state index in [1.165, 1.54) is 45.1 Å². The Morgan fingerprint density at radius 1 is 1.12 bits per heavy atom. The van der Waals surface area contributed by atoms with Gasteiger partial charge < -0.3 is 5.32 Å². The topological polar surface area (TPSA) is 12.0 Å². The molecule has 0 spiro atoms. The first kappa shape index (κ1) is 12.4. The van der Waals surface area contributed by atoms with Crippen molar-refractivity contribution >= 4 is 0 Å². The first-order valence-electron chi connectivity index (χ1n) is 7.47. The first-order chi connectivity index (χ1) is 7.74. The summed E-state index contributed by atoms with van der Waals surface area (Å²) in [6, 6.07) is 0.845. The standard InChI is InChI=1S/C15H29N/c1-4-10-16-14(9-8-11(2)3)15-12-6-5-7-13(12)15/h11-16H,4-10H2,1-3H3. The van der Waals surface area contributed by atoms with Gasteiger partial charge in [0, 0.05) is 6.04 Å². The Bertz CT molecular complexity index is 201. The lowest BCUT2D eigenvalue weighted by Crippen LogP contribution is -2.33. The molecule has 3 atom stereocenters. The summed E-state index contributed by atoms with van der Waals surface area (Å²) in [6.45, 7) is 8.20. The second-order valence-corrected chi connectivity index (χ2v) is 6.37. The van der Waals surface area contributed by atoms with E-state index in [-0.39, 0.29) is 0 Å². The molecule has 2 rings (SSSR count). The van der Waals surface area contributed by atoms with Crippen LogP contribution in [0.5, 0.6) is 0 Å². The molecule has 0 aliphatic heterocycles. The molecule has 0 heterocycles. The molecule has 0 aromatic rings. The maximum Gasteiger partial charge on any atom is 0.0101 e. The van der Waals surface area contributed by atoms with Gasteiger partial charge in [-0.15, -0.1) is 0 Å². The van der Waals surface area contributed by atoms with Gasteiger partial charge in [-0.3, -0.25) is 0 Å². The van der Waals surface area contributed by atoms with Gasteiger partial charge in [0.15, 0.2) is 0 Å². The van der Waals surface area contributed by atoms with Crippen LogP contribution < -0.4 is 5.32 Å². The first-order valence-corrected chi connectivity index (χ1v) is 7.47. The number of hydrogen-bond donors (Lipinski definition) is 1. The van der Waals surface area contributed by atoms with E-state index < -0.39 is 0 Å². The van der Waals surface area contributed by atoms with Crippen LogP contribution in [0.25, 0.3) is 0 Å². The molecule has 0 radical (unpaired) electrons. The highest BCUT2D eigenvalue weighted by molar-refractivity contribution is 5.06. The van der Waals surface area contributed by atoms with Gasteiger partial charge >= 0.3 is 0 Å². The Labute approximate surface area is 101 Å². The minimum absolute atomic E-state index is 0.845. The Kier molecular flexibility index (Phi) is 4.29. The number of rotatable bonds is 7. The smallest absolute Gasteiger partial charge is 0.0101 e. The molecule has 1 N–H and O–H groups in total. The summed E-state index contributed by atoms with van der Waals surface area (Å²) in [6.07, 6.45) is 8.66. The van der Waals surface area contributed by atoms with Crippen LogP contribution in [0.1, 0.15) is 59.3 Å². The fraction of sp³-hybridized carbons (Fsp3) is 1.00. The third-order valence-electron chi connectivity index (χ3n) is 4.65. The van der Waals surface area contributed by atoms with Crippen LogP contribution in [0, 0.1) is 23.7 Å². The van der Waals surface area contributed by atoms with Crippen molar-refractivity contribution in [3.63, 3.8) is 0 Å². The zero-order valence-corrected chi connectivity index (χ0v) is 11.3. The van der Waals surface area contributed by atoms with Gasteiger partial charge in [-0.1, -0.05) is 27.2 Å². The lowest BCUT2D eigenvalue weighted by atomic mass is 9.96. The summed E-state index contributed by atoms with van der Waals surface area (Å²) in [4.78, 5) is 0. The molecule has 16 heavy (non-hydrogen) atoms. The van der Waals surface area contributed by atoms with Crippen molar-refractivity contribution in [3.05, 3.63) is 0 Å². The number of hydrogen-bond acceptors (Lipinski definition) is 1. The molecule has 0 bridgehead atoms.